The number of benzene rings is 2. The van der Waals surface area contributed by atoms with Crippen LogP contribution in [0.2, 0.25) is 0 Å². The number of hydrogen-bond donors (Lipinski definition) is 1. The van der Waals surface area contributed by atoms with E-state index in [0.717, 1.165) is 10.9 Å². The first kappa shape index (κ1) is 13.1. The van der Waals surface area contributed by atoms with E-state index in [1.165, 1.54) is 4.68 Å². The Labute approximate surface area is 116 Å². The Morgan fingerprint density at radius 1 is 1.11 bits per heavy atom. The molecule has 0 fully saturated rings. The zero-order valence-electron chi connectivity index (χ0n) is 9.98. The maximum absolute atomic E-state index is 12.3. The standard InChI is InChI=1S/C14H11N3O.ClH/c15-12-7-6-11-9-16-17(13(11)8-12)14(18)10-4-2-1-3-5-10;/h1-9H,15H2;1H. The van der Waals surface area contributed by atoms with E-state index >= 15 is 0 Å². The lowest BCUT2D eigenvalue weighted by atomic mass is 10.2. The Kier molecular flexibility index (Phi) is 3.53. The molecule has 0 aliphatic rings. The Balaban J connectivity index is 0.00000133. The van der Waals surface area contributed by atoms with Gasteiger partial charge in [-0.3, -0.25) is 4.79 Å². The van der Waals surface area contributed by atoms with Crippen LogP contribution in [0.15, 0.2) is 54.7 Å². The van der Waals surface area contributed by atoms with Gasteiger partial charge in [0.25, 0.3) is 5.91 Å². The minimum Gasteiger partial charge on any atom is -0.399 e. The Hall–Kier alpha value is -2.33. The van der Waals surface area contributed by atoms with Crippen molar-refractivity contribution in [3.8, 4) is 0 Å². The summed E-state index contributed by atoms with van der Waals surface area (Å²) in [7, 11) is 0. The van der Waals surface area contributed by atoms with Crippen LogP contribution in [0.25, 0.3) is 10.9 Å². The summed E-state index contributed by atoms with van der Waals surface area (Å²) in [4.78, 5) is 12.3. The third-order valence-electron chi connectivity index (χ3n) is 2.81. The molecule has 3 aromatic rings. The molecule has 0 atom stereocenters. The molecule has 0 bridgehead atoms. The van der Waals surface area contributed by atoms with Gasteiger partial charge in [0.15, 0.2) is 0 Å². The second-order valence-electron chi connectivity index (χ2n) is 4.05. The number of aromatic nitrogens is 2. The Bertz CT molecular complexity index is 722. The number of nitrogen functional groups attached to an aromatic ring is 1. The fourth-order valence-corrected chi connectivity index (χ4v) is 1.90. The summed E-state index contributed by atoms with van der Waals surface area (Å²) in [6, 6.07) is 14.5. The monoisotopic (exact) mass is 273 g/mol. The fraction of sp³-hybridized carbons (Fsp3) is 0. The molecule has 2 aromatic carbocycles. The van der Waals surface area contributed by atoms with Gasteiger partial charge in [-0.25, -0.2) is 0 Å². The molecular weight excluding hydrogens is 262 g/mol. The third kappa shape index (κ3) is 2.30. The number of anilines is 1. The number of hydrogen-bond acceptors (Lipinski definition) is 3. The SMILES string of the molecule is Cl.Nc1ccc2cnn(C(=O)c3ccccc3)c2c1. The summed E-state index contributed by atoms with van der Waals surface area (Å²) in [6.45, 7) is 0. The highest BCUT2D eigenvalue weighted by molar-refractivity contribution is 6.01. The summed E-state index contributed by atoms with van der Waals surface area (Å²) in [5.74, 6) is -0.156. The average Bonchev–Trinajstić information content (AvgIpc) is 2.82. The molecule has 0 radical (unpaired) electrons. The van der Waals surface area contributed by atoms with Crippen molar-refractivity contribution in [3.05, 3.63) is 60.3 Å². The van der Waals surface area contributed by atoms with E-state index in [-0.39, 0.29) is 18.3 Å². The van der Waals surface area contributed by atoms with Crippen molar-refractivity contribution in [2.45, 2.75) is 0 Å². The largest absolute Gasteiger partial charge is 0.399 e. The minimum absolute atomic E-state index is 0. The second-order valence-corrected chi connectivity index (χ2v) is 4.05. The summed E-state index contributed by atoms with van der Waals surface area (Å²) in [6.07, 6.45) is 1.66. The lowest BCUT2D eigenvalue weighted by molar-refractivity contribution is 0.0950. The van der Waals surface area contributed by atoms with Gasteiger partial charge >= 0.3 is 0 Å². The molecule has 4 nitrogen and oxygen atoms in total. The van der Waals surface area contributed by atoms with E-state index in [4.69, 9.17) is 5.73 Å². The normalized spacial score (nSPS) is 10.1. The lowest BCUT2D eigenvalue weighted by Gasteiger charge is -2.02. The quantitative estimate of drug-likeness (QED) is 0.694. The molecule has 0 aliphatic carbocycles. The van der Waals surface area contributed by atoms with Crippen LogP contribution < -0.4 is 5.73 Å². The number of carbonyl (C=O) groups excluding carboxylic acids is 1. The maximum atomic E-state index is 12.3. The molecule has 19 heavy (non-hydrogen) atoms. The molecule has 0 saturated carbocycles. The minimum atomic E-state index is -0.156. The molecule has 1 heterocycles. The molecule has 2 N–H and O–H groups in total. The van der Waals surface area contributed by atoms with E-state index in [0.29, 0.717) is 11.3 Å². The van der Waals surface area contributed by atoms with Gasteiger partial charge in [-0.1, -0.05) is 18.2 Å². The smallest absolute Gasteiger partial charge is 0.278 e. The summed E-state index contributed by atoms with van der Waals surface area (Å²) >= 11 is 0. The summed E-state index contributed by atoms with van der Waals surface area (Å²) < 4.78 is 1.38. The first-order valence-corrected chi connectivity index (χ1v) is 5.59. The van der Waals surface area contributed by atoms with Crippen LogP contribution in [0.4, 0.5) is 5.69 Å². The number of fused-ring (bicyclic) bond motifs is 1. The van der Waals surface area contributed by atoms with Gasteiger partial charge in [0.1, 0.15) is 0 Å². The van der Waals surface area contributed by atoms with Crippen LogP contribution in [0, 0.1) is 0 Å². The predicted molar refractivity (Wildman–Crippen MR) is 77.6 cm³/mol. The van der Waals surface area contributed by atoms with Crippen LogP contribution in [-0.2, 0) is 0 Å². The molecule has 1 aromatic heterocycles. The van der Waals surface area contributed by atoms with Crippen LogP contribution in [-0.4, -0.2) is 15.7 Å². The van der Waals surface area contributed by atoms with Gasteiger partial charge in [0.2, 0.25) is 0 Å². The highest BCUT2D eigenvalue weighted by atomic mass is 35.5. The molecule has 0 amide bonds. The summed E-state index contributed by atoms with van der Waals surface area (Å²) in [5.41, 5.74) is 7.68. The maximum Gasteiger partial charge on any atom is 0.278 e. The molecule has 5 heteroatoms. The van der Waals surface area contributed by atoms with Crippen molar-refractivity contribution < 1.29 is 4.79 Å². The highest BCUT2D eigenvalue weighted by Crippen LogP contribution is 2.18. The van der Waals surface area contributed by atoms with Crippen molar-refractivity contribution in [3.63, 3.8) is 0 Å². The van der Waals surface area contributed by atoms with Gasteiger partial charge in [-0.05, 0) is 30.3 Å². The molecule has 0 unspecified atom stereocenters. The van der Waals surface area contributed by atoms with Crippen molar-refractivity contribution >= 4 is 34.9 Å². The van der Waals surface area contributed by atoms with Crippen molar-refractivity contribution in [2.75, 3.05) is 5.73 Å². The van der Waals surface area contributed by atoms with Gasteiger partial charge in [-0.15, -0.1) is 12.4 Å². The van der Waals surface area contributed by atoms with Gasteiger partial charge < -0.3 is 5.73 Å². The van der Waals surface area contributed by atoms with Gasteiger partial charge in [-0.2, -0.15) is 9.78 Å². The molecule has 0 saturated heterocycles. The third-order valence-corrected chi connectivity index (χ3v) is 2.81. The number of nitrogens with zero attached hydrogens (tertiary/aromatic N) is 2. The number of rotatable bonds is 1. The first-order valence-electron chi connectivity index (χ1n) is 5.59. The molecule has 3 rings (SSSR count). The predicted octanol–water partition coefficient (Wildman–Crippen LogP) is 2.73. The topological polar surface area (TPSA) is 60.9 Å². The second kappa shape index (κ2) is 5.12. The van der Waals surface area contributed by atoms with Crippen molar-refractivity contribution in [1.29, 1.82) is 0 Å². The molecule has 0 spiro atoms. The van der Waals surface area contributed by atoms with E-state index in [2.05, 4.69) is 5.10 Å². The molecule has 0 aliphatic heterocycles. The average molecular weight is 274 g/mol. The van der Waals surface area contributed by atoms with E-state index < -0.39 is 0 Å². The van der Waals surface area contributed by atoms with Gasteiger partial charge in [0, 0.05) is 16.6 Å². The van der Waals surface area contributed by atoms with Crippen molar-refractivity contribution in [2.24, 2.45) is 0 Å². The lowest BCUT2D eigenvalue weighted by Crippen LogP contribution is -2.13. The van der Waals surface area contributed by atoms with Crippen molar-refractivity contribution in [1.82, 2.24) is 9.78 Å². The van der Waals surface area contributed by atoms with E-state index in [9.17, 15) is 4.79 Å². The number of halogens is 1. The van der Waals surface area contributed by atoms with Crippen LogP contribution in [0.1, 0.15) is 10.4 Å². The molecular formula is C14H12ClN3O. The fourth-order valence-electron chi connectivity index (χ4n) is 1.90. The van der Waals surface area contributed by atoms with E-state index in [1.54, 1.807) is 30.5 Å². The van der Waals surface area contributed by atoms with Crippen LogP contribution >= 0.6 is 12.4 Å². The number of carbonyl (C=O) groups is 1. The zero-order valence-corrected chi connectivity index (χ0v) is 10.8. The number of nitrogens with two attached hydrogens (primary N) is 1. The van der Waals surface area contributed by atoms with Crippen LogP contribution in [0.3, 0.4) is 0 Å². The van der Waals surface area contributed by atoms with Gasteiger partial charge in [0.05, 0.1) is 11.7 Å². The molecule has 96 valence electrons. The Morgan fingerprint density at radius 3 is 2.58 bits per heavy atom. The summed E-state index contributed by atoms with van der Waals surface area (Å²) in [5, 5.41) is 5.02. The Morgan fingerprint density at radius 2 is 1.84 bits per heavy atom. The highest BCUT2D eigenvalue weighted by Gasteiger charge is 2.12. The first-order chi connectivity index (χ1) is 8.75. The van der Waals surface area contributed by atoms with Crippen LogP contribution in [0.5, 0.6) is 0 Å². The van der Waals surface area contributed by atoms with E-state index in [1.807, 2.05) is 24.3 Å². The zero-order chi connectivity index (χ0) is 12.5.